The van der Waals surface area contributed by atoms with Gasteiger partial charge in [-0.15, -0.1) is 0 Å². The van der Waals surface area contributed by atoms with Gasteiger partial charge in [0.15, 0.2) is 11.5 Å². The summed E-state index contributed by atoms with van der Waals surface area (Å²) in [6.07, 6.45) is 1.50. The number of methoxy groups -OCH3 is 1. The maximum absolute atomic E-state index is 14.1. The normalized spacial score (nSPS) is 14.4. The van der Waals surface area contributed by atoms with Crippen molar-refractivity contribution in [1.29, 1.82) is 0 Å². The summed E-state index contributed by atoms with van der Waals surface area (Å²) in [7, 11) is 1.54. The lowest BCUT2D eigenvalue weighted by molar-refractivity contribution is -0.121. The Morgan fingerprint density at radius 3 is 2.11 bits per heavy atom. The molecule has 0 spiro atoms. The van der Waals surface area contributed by atoms with Crippen molar-refractivity contribution in [3.05, 3.63) is 135 Å². The van der Waals surface area contributed by atoms with Crippen LogP contribution in [-0.2, 0) is 16.2 Å². The van der Waals surface area contributed by atoms with Gasteiger partial charge in [-0.1, -0.05) is 83.9 Å². The van der Waals surface area contributed by atoms with Gasteiger partial charge >= 0.3 is 6.03 Å². The third-order valence-corrected chi connectivity index (χ3v) is 8.42. The van der Waals surface area contributed by atoms with Crippen LogP contribution in [0.15, 0.2) is 109 Å². The van der Waals surface area contributed by atoms with Crippen molar-refractivity contribution >= 4 is 68.7 Å². The molecule has 7 nitrogen and oxygen atoms in total. The maximum atomic E-state index is 14.1. The molecule has 1 fully saturated rings. The highest BCUT2D eigenvalue weighted by Gasteiger charge is 2.44. The molecule has 0 bridgehead atoms. The molecule has 5 aromatic carbocycles. The number of rotatable bonds is 7. The van der Waals surface area contributed by atoms with Crippen LogP contribution in [0.2, 0.25) is 0 Å². The Kier molecular flexibility index (Phi) is 8.40. The Hall–Kier alpha value is -4.96. The zero-order valence-electron chi connectivity index (χ0n) is 24.9. The fraction of sp³-hybridized carbons (Fsp3) is 0.108. The number of hydrogen-bond donors (Lipinski definition) is 0. The van der Waals surface area contributed by atoms with E-state index in [2.05, 4.69) is 22.6 Å². The summed E-state index contributed by atoms with van der Waals surface area (Å²) in [6, 6.07) is 30.8. The van der Waals surface area contributed by atoms with Crippen LogP contribution >= 0.6 is 22.6 Å². The predicted molar refractivity (Wildman–Crippen MR) is 185 cm³/mol. The molecular formula is C37H29IN2O5. The zero-order valence-corrected chi connectivity index (χ0v) is 27.1. The number of urea groups is 1. The highest BCUT2D eigenvalue weighted by molar-refractivity contribution is 14.1. The third-order valence-electron chi connectivity index (χ3n) is 7.62. The van der Waals surface area contributed by atoms with Gasteiger partial charge in [-0.3, -0.25) is 9.59 Å². The molecule has 1 saturated heterocycles. The topological polar surface area (TPSA) is 76.2 Å². The Labute approximate surface area is 274 Å². The number of barbiturate groups is 1. The number of ether oxygens (including phenoxy) is 2. The van der Waals surface area contributed by atoms with E-state index in [1.807, 2.05) is 86.6 Å². The molecule has 1 aliphatic rings. The van der Waals surface area contributed by atoms with Gasteiger partial charge in [0.2, 0.25) is 0 Å². The summed E-state index contributed by atoms with van der Waals surface area (Å²) in [5.41, 5.74) is 4.30. The number of fused-ring (bicyclic) bond motifs is 1. The van der Waals surface area contributed by atoms with Crippen LogP contribution in [-0.4, -0.2) is 25.0 Å². The molecule has 0 saturated carbocycles. The van der Waals surface area contributed by atoms with Crippen LogP contribution in [0, 0.1) is 17.4 Å². The number of nitrogens with zero attached hydrogens (tertiary/aromatic N) is 2. The van der Waals surface area contributed by atoms with Crippen molar-refractivity contribution < 1.29 is 23.9 Å². The van der Waals surface area contributed by atoms with E-state index in [1.165, 1.54) is 13.2 Å². The van der Waals surface area contributed by atoms with Crippen molar-refractivity contribution in [2.24, 2.45) is 0 Å². The van der Waals surface area contributed by atoms with Crippen molar-refractivity contribution in [3.63, 3.8) is 0 Å². The summed E-state index contributed by atoms with van der Waals surface area (Å²) in [6.45, 7) is 4.30. The second-order valence-corrected chi connectivity index (χ2v) is 11.9. The Morgan fingerprint density at radius 1 is 0.756 bits per heavy atom. The summed E-state index contributed by atoms with van der Waals surface area (Å²) >= 11 is 2.15. The lowest BCUT2D eigenvalue weighted by atomic mass is 10.0. The van der Waals surface area contributed by atoms with Crippen molar-refractivity contribution in [2.75, 3.05) is 16.9 Å². The molecule has 8 heteroatoms. The lowest BCUT2D eigenvalue weighted by Crippen LogP contribution is -2.57. The first-order valence-corrected chi connectivity index (χ1v) is 15.4. The molecule has 0 unspecified atom stereocenters. The van der Waals surface area contributed by atoms with E-state index in [0.717, 1.165) is 35.4 Å². The van der Waals surface area contributed by atoms with E-state index in [1.54, 1.807) is 30.3 Å². The summed E-state index contributed by atoms with van der Waals surface area (Å²) in [5.74, 6) is -0.415. The fourth-order valence-electron chi connectivity index (χ4n) is 5.24. The second-order valence-electron chi connectivity index (χ2n) is 10.8. The van der Waals surface area contributed by atoms with E-state index in [4.69, 9.17) is 9.47 Å². The largest absolute Gasteiger partial charge is 0.493 e. The van der Waals surface area contributed by atoms with E-state index in [-0.39, 0.29) is 5.57 Å². The van der Waals surface area contributed by atoms with Crippen molar-refractivity contribution in [1.82, 2.24) is 0 Å². The van der Waals surface area contributed by atoms with Crippen molar-refractivity contribution in [2.45, 2.75) is 20.5 Å². The van der Waals surface area contributed by atoms with Gasteiger partial charge in [0, 0.05) is 5.39 Å². The number of amides is 4. The molecule has 5 aromatic rings. The van der Waals surface area contributed by atoms with Gasteiger partial charge in [0.05, 0.1) is 22.1 Å². The number of halogens is 1. The molecule has 224 valence electrons. The van der Waals surface area contributed by atoms with Crippen LogP contribution < -0.4 is 19.3 Å². The third kappa shape index (κ3) is 5.93. The molecule has 1 heterocycles. The SMILES string of the molecule is COc1cc(/C=C2\C(=O)N(c3ccc(C)cc3)C(=O)N(c3cccc4ccccc34)C2=O)cc(I)c1OCc1ccc(C)cc1. The zero-order chi connectivity index (χ0) is 31.7. The molecule has 0 N–H and O–H groups in total. The van der Waals surface area contributed by atoms with Gasteiger partial charge in [0.25, 0.3) is 11.8 Å². The van der Waals surface area contributed by atoms with Crippen LogP contribution in [0.4, 0.5) is 16.2 Å². The van der Waals surface area contributed by atoms with Gasteiger partial charge in [-0.2, -0.15) is 0 Å². The predicted octanol–water partition coefficient (Wildman–Crippen LogP) is 8.23. The molecular weight excluding hydrogens is 679 g/mol. The number of carbonyl (C=O) groups is 3. The quantitative estimate of drug-likeness (QED) is 0.0968. The molecule has 1 aliphatic heterocycles. The number of hydrogen-bond acceptors (Lipinski definition) is 5. The molecule has 0 atom stereocenters. The molecule has 0 aliphatic carbocycles. The first-order chi connectivity index (χ1) is 21.7. The van der Waals surface area contributed by atoms with E-state index < -0.39 is 17.8 Å². The Bertz CT molecular complexity index is 1980. The first-order valence-electron chi connectivity index (χ1n) is 14.3. The number of carbonyl (C=O) groups excluding carboxylic acids is 3. The molecule has 45 heavy (non-hydrogen) atoms. The molecule has 6 rings (SSSR count). The average Bonchev–Trinajstić information content (AvgIpc) is 3.04. The number of benzene rings is 5. The minimum atomic E-state index is -0.741. The smallest absolute Gasteiger partial charge is 0.343 e. The van der Waals surface area contributed by atoms with E-state index in [0.29, 0.717) is 40.4 Å². The van der Waals surface area contributed by atoms with Crippen LogP contribution in [0.25, 0.3) is 16.8 Å². The van der Waals surface area contributed by atoms with Gasteiger partial charge < -0.3 is 9.47 Å². The van der Waals surface area contributed by atoms with Gasteiger partial charge in [-0.05, 0) is 89.4 Å². The number of anilines is 2. The second kappa shape index (κ2) is 12.6. The first kappa shape index (κ1) is 30.1. The number of imide groups is 2. The summed E-state index contributed by atoms with van der Waals surface area (Å²) < 4.78 is 12.5. The van der Waals surface area contributed by atoms with Crippen molar-refractivity contribution in [3.8, 4) is 11.5 Å². The maximum Gasteiger partial charge on any atom is 0.343 e. The molecule has 0 aromatic heterocycles. The van der Waals surface area contributed by atoms with Gasteiger partial charge in [-0.25, -0.2) is 14.6 Å². The monoisotopic (exact) mass is 708 g/mol. The Balaban J connectivity index is 1.43. The highest BCUT2D eigenvalue weighted by atomic mass is 127. The molecule has 4 amide bonds. The number of aryl methyl sites for hydroxylation is 2. The lowest BCUT2D eigenvalue weighted by Gasteiger charge is -2.34. The summed E-state index contributed by atoms with van der Waals surface area (Å²) in [5, 5.41) is 1.57. The standard InChI is InChI=1S/C37H29IN2O5/c1-23-11-15-25(16-12-23)22-45-34-31(38)20-26(21-33(34)44-3)19-30-35(41)39(28-17-13-24(2)14-18-28)37(43)40(36(30)42)32-10-6-8-27-7-4-5-9-29(27)32/h4-21H,22H2,1-3H3/b30-19+. The Morgan fingerprint density at radius 2 is 1.40 bits per heavy atom. The van der Waals surface area contributed by atoms with Gasteiger partial charge in [0.1, 0.15) is 12.2 Å². The fourth-order valence-corrected chi connectivity index (χ4v) is 6.02. The van der Waals surface area contributed by atoms with E-state index >= 15 is 0 Å². The average molecular weight is 709 g/mol. The van der Waals surface area contributed by atoms with E-state index in [9.17, 15) is 14.4 Å². The summed E-state index contributed by atoms with van der Waals surface area (Å²) in [4.78, 5) is 44.3. The minimum Gasteiger partial charge on any atom is -0.493 e. The van der Waals surface area contributed by atoms with Crippen LogP contribution in [0.1, 0.15) is 22.3 Å². The highest BCUT2D eigenvalue weighted by Crippen LogP contribution is 2.37. The molecule has 0 radical (unpaired) electrons. The van der Waals surface area contributed by atoms with Crippen LogP contribution in [0.3, 0.4) is 0 Å². The minimum absolute atomic E-state index is 0.158. The van der Waals surface area contributed by atoms with Crippen LogP contribution in [0.5, 0.6) is 11.5 Å².